The zero-order valence-electron chi connectivity index (χ0n) is 14.2. The summed E-state index contributed by atoms with van der Waals surface area (Å²) in [5, 5.41) is 4.98. The number of hydrogen-bond acceptors (Lipinski definition) is 4. The van der Waals surface area contributed by atoms with E-state index in [1.54, 1.807) is 12.4 Å². The maximum absolute atomic E-state index is 12.7. The van der Waals surface area contributed by atoms with Crippen LogP contribution in [0.4, 0.5) is 0 Å². The number of aromatic nitrogens is 1. The molecule has 1 saturated carbocycles. The third-order valence-corrected chi connectivity index (χ3v) is 6.46. The van der Waals surface area contributed by atoms with Crippen LogP contribution in [0, 0.1) is 18.3 Å². The third-order valence-electron chi connectivity index (χ3n) is 5.45. The molecule has 6 heteroatoms. The molecular weight excluding hydrogens is 334 g/mol. The molecule has 1 aliphatic heterocycles. The zero-order chi connectivity index (χ0) is 17.4. The minimum atomic E-state index is 0.00313. The summed E-state index contributed by atoms with van der Waals surface area (Å²) in [6.45, 7) is 3.97. The van der Waals surface area contributed by atoms with Gasteiger partial charge in [0.25, 0.3) is 5.91 Å². The van der Waals surface area contributed by atoms with Gasteiger partial charge in [-0.1, -0.05) is 0 Å². The monoisotopic (exact) mass is 355 g/mol. The van der Waals surface area contributed by atoms with Crippen LogP contribution >= 0.6 is 11.3 Å². The van der Waals surface area contributed by atoms with E-state index in [0.717, 1.165) is 35.4 Å². The first-order chi connectivity index (χ1) is 12.1. The first kappa shape index (κ1) is 16.3. The fourth-order valence-corrected chi connectivity index (χ4v) is 4.68. The van der Waals surface area contributed by atoms with Crippen molar-refractivity contribution in [3.63, 3.8) is 0 Å². The first-order valence-corrected chi connectivity index (χ1v) is 9.47. The van der Waals surface area contributed by atoms with Crippen LogP contribution in [-0.2, 0) is 11.3 Å². The molecule has 1 aliphatic carbocycles. The van der Waals surface area contributed by atoms with Crippen LogP contribution < -0.4 is 5.32 Å². The fraction of sp³-hybridized carbons (Fsp3) is 0.421. The van der Waals surface area contributed by atoms with Gasteiger partial charge in [-0.15, -0.1) is 11.3 Å². The Labute approximate surface area is 151 Å². The molecule has 2 aromatic heterocycles. The van der Waals surface area contributed by atoms with Crippen molar-refractivity contribution in [2.75, 3.05) is 13.1 Å². The predicted octanol–water partition coefficient (Wildman–Crippen LogP) is 2.62. The molecule has 1 saturated heterocycles. The SMILES string of the molecule is Cc1ccsc1C(=O)N1CCC2(CC2C(=O)NCc2ccncc2)C1. The van der Waals surface area contributed by atoms with Gasteiger partial charge in [-0.3, -0.25) is 14.6 Å². The van der Waals surface area contributed by atoms with E-state index >= 15 is 0 Å². The number of hydrogen-bond donors (Lipinski definition) is 1. The lowest BCUT2D eigenvalue weighted by molar-refractivity contribution is -0.123. The summed E-state index contributed by atoms with van der Waals surface area (Å²) in [5.41, 5.74) is 2.09. The molecule has 130 valence electrons. The fourth-order valence-electron chi connectivity index (χ4n) is 3.79. The molecule has 2 unspecified atom stereocenters. The molecule has 5 nitrogen and oxygen atoms in total. The number of likely N-dealkylation sites (tertiary alicyclic amines) is 1. The number of rotatable bonds is 4. The summed E-state index contributed by atoms with van der Waals surface area (Å²) in [6.07, 6.45) is 5.28. The largest absolute Gasteiger partial charge is 0.352 e. The zero-order valence-corrected chi connectivity index (χ0v) is 15.0. The summed E-state index contributed by atoms with van der Waals surface area (Å²) in [5.74, 6) is 0.266. The molecule has 2 fully saturated rings. The highest BCUT2D eigenvalue weighted by Crippen LogP contribution is 2.58. The van der Waals surface area contributed by atoms with E-state index in [1.807, 2.05) is 35.4 Å². The van der Waals surface area contributed by atoms with E-state index in [4.69, 9.17) is 0 Å². The number of nitrogens with one attached hydrogen (secondary N) is 1. The Balaban J connectivity index is 1.34. The Bertz CT molecular complexity index is 804. The maximum atomic E-state index is 12.7. The van der Waals surface area contributed by atoms with E-state index in [0.29, 0.717) is 13.1 Å². The Hall–Kier alpha value is -2.21. The molecule has 3 heterocycles. The second-order valence-electron chi connectivity index (χ2n) is 7.10. The molecule has 0 aromatic carbocycles. The average molecular weight is 355 g/mol. The highest BCUT2D eigenvalue weighted by atomic mass is 32.1. The molecule has 2 atom stereocenters. The molecule has 2 aliphatic rings. The first-order valence-electron chi connectivity index (χ1n) is 8.59. The smallest absolute Gasteiger partial charge is 0.264 e. The predicted molar refractivity (Wildman–Crippen MR) is 96.2 cm³/mol. The van der Waals surface area contributed by atoms with Gasteiger partial charge in [0.15, 0.2) is 0 Å². The quantitative estimate of drug-likeness (QED) is 0.917. The van der Waals surface area contributed by atoms with Crippen molar-refractivity contribution >= 4 is 23.2 Å². The van der Waals surface area contributed by atoms with Gasteiger partial charge in [-0.25, -0.2) is 0 Å². The Morgan fingerprint density at radius 2 is 2.16 bits per heavy atom. The molecule has 0 radical (unpaired) electrons. The van der Waals surface area contributed by atoms with Gasteiger partial charge in [0.05, 0.1) is 4.88 Å². The molecule has 1 spiro atoms. The molecule has 1 N–H and O–H groups in total. The van der Waals surface area contributed by atoms with Gasteiger partial charge in [0.2, 0.25) is 5.91 Å². The number of carbonyl (C=O) groups excluding carboxylic acids is 2. The van der Waals surface area contributed by atoms with E-state index < -0.39 is 0 Å². The standard InChI is InChI=1S/C19H21N3O2S/c1-13-4-9-25-16(13)18(24)22-8-5-19(12-22)10-15(19)17(23)21-11-14-2-6-20-7-3-14/h2-4,6-7,9,15H,5,8,10-12H2,1H3,(H,21,23). The van der Waals surface area contributed by atoms with Crippen LogP contribution in [0.2, 0.25) is 0 Å². The minimum absolute atomic E-state index is 0.00313. The maximum Gasteiger partial charge on any atom is 0.264 e. The topological polar surface area (TPSA) is 62.3 Å². The Morgan fingerprint density at radius 1 is 1.36 bits per heavy atom. The van der Waals surface area contributed by atoms with Gasteiger partial charge in [0.1, 0.15) is 0 Å². The van der Waals surface area contributed by atoms with E-state index in [-0.39, 0.29) is 23.1 Å². The summed E-state index contributed by atoms with van der Waals surface area (Å²) in [4.78, 5) is 31.9. The molecule has 25 heavy (non-hydrogen) atoms. The van der Waals surface area contributed by atoms with Gasteiger partial charge < -0.3 is 10.2 Å². The normalized spacial score (nSPS) is 24.5. The van der Waals surface area contributed by atoms with Gasteiger partial charge in [-0.2, -0.15) is 0 Å². The third kappa shape index (κ3) is 3.06. The molecule has 2 amide bonds. The molecule has 4 rings (SSSR count). The van der Waals surface area contributed by atoms with Crippen molar-refractivity contribution in [1.82, 2.24) is 15.2 Å². The number of carbonyl (C=O) groups is 2. The second-order valence-corrected chi connectivity index (χ2v) is 8.02. The van der Waals surface area contributed by atoms with Crippen LogP contribution in [0.25, 0.3) is 0 Å². The van der Waals surface area contributed by atoms with E-state index in [1.165, 1.54) is 11.3 Å². The van der Waals surface area contributed by atoms with Crippen molar-refractivity contribution in [3.8, 4) is 0 Å². The van der Waals surface area contributed by atoms with Crippen molar-refractivity contribution in [3.05, 3.63) is 52.0 Å². The summed E-state index contributed by atoms with van der Waals surface area (Å²) < 4.78 is 0. The van der Waals surface area contributed by atoms with Crippen LogP contribution in [0.15, 0.2) is 36.0 Å². The van der Waals surface area contributed by atoms with Crippen LogP contribution in [-0.4, -0.2) is 34.8 Å². The van der Waals surface area contributed by atoms with Crippen molar-refractivity contribution in [2.24, 2.45) is 11.3 Å². The second kappa shape index (κ2) is 6.26. The lowest BCUT2D eigenvalue weighted by Gasteiger charge is -2.16. The minimum Gasteiger partial charge on any atom is -0.352 e. The number of pyridine rings is 1. The molecule has 0 bridgehead atoms. The number of aryl methyl sites for hydroxylation is 1. The Kier molecular flexibility index (Phi) is 4.07. The molecular formula is C19H21N3O2S. The van der Waals surface area contributed by atoms with Gasteiger partial charge >= 0.3 is 0 Å². The highest BCUT2D eigenvalue weighted by Gasteiger charge is 2.61. The van der Waals surface area contributed by atoms with E-state index in [2.05, 4.69) is 10.3 Å². The van der Waals surface area contributed by atoms with Gasteiger partial charge in [0, 0.05) is 43.4 Å². The summed E-state index contributed by atoms with van der Waals surface area (Å²) >= 11 is 1.50. The average Bonchev–Trinajstić information content (AvgIpc) is 2.93. The number of amides is 2. The van der Waals surface area contributed by atoms with Crippen molar-refractivity contribution in [2.45, 2.75) is 26.3 Å². The van der Waals surface area contributed by atoms with Gasteiger partial charge in [-0.05, 0) is 54.5 Å². The lowest BCUT2D eigenvalue weighted by atomic mass is 10.0. The Morgan fingerprint density at radius 3 is 2.88 bits per heavy atom. The van der Waals surface area contributed by atoms with Crippen LogP contribution in [0.1, 0.15) is 33.6 Å². The summed E-state index contributed by atoms with van der Waals surface area (Å²) in [7, 11) is 0. The van der Waals surface area contributed by atoms with E-state index in [9.17, 15) is 9.59 Å². The van der Waals surface area contributed by atoms with Crippen LogP contribution in [0.3, 0.4) is 0 Å². The highest BCUT2D eigenvalue weighted by molar-refractivity contribution is 7.12. The molecule has 2 aromatic rings. The number of nitrogens with zero attached hydrogens (tertiary/aromatic N) is 2. The summed E-state index contributed by atoms with van der Waals surface area (Å²) in [6, 6.07) is 5.79. The number of thiophene rings is 1. The lowest BCUT2D eigenvalue weighted by Crippen LogP contribution is -2.31. The van der Waals surface area contributed by atoms with Crippen molar-refractivity contribution in [1.29, 1.82) is 0 Å². The van der Waals surface area contributed by atoms with Crippen molar-refractivity contribution < 1.29 is 9.59 Å². The van der Waals surface area contributed by atoms with Crippen LogP contribution in [0.5, 0.6) is 0 Å².